The van der Waals surface area contributed by atoms with Gasteiger partial charge in [-0.2, -0.15) is 0 Å². The van der Waals surface area contributed by atoms with Gasteiger partial charge in [0.1, 0.15) is 11.6 Å². The molecule has 0 aromatic heterocycles. The Labute approximate surface area is 221 Å². The number of guanidine groups is 1. The number of amidine groups is 1. The summed E-state index contributed by atoms with van der Waals surface area (Å²) in [5, 5.41) is 17.1. The summed E-state index contributed by atoms with van der Waals surface area (Å²) in [6.45, 7) is 3.50. The lowest BCUT2D eigenvalue weighted by Gasteiger charge is -2.30. The molecule has 8 N–H and O–H groups in total. The van der Waals surface area contributed by atoms with Gasteiger partial charge in [0.15, 0.2) is 5.96 Å². The van der Waals surface area contributed by atoms with Crippen molar-refractivity contribution < 1.29 is 14.3 Å². The maximum Gasteiger partial charge on any atom is 0.343 e. The lowest BCUT2D eigenvalue weighted by molar-refractivity contribution is -0.117. The van der Waals surface area contributed by atoms with Crippen LogP contribution in [0.25, 0.3) is 10.8 Å². The van der Waals surface area contributed by atoms with E-state index in [0.717, 1.165) is 25.0 Å². The van der Waals surface area contributed by atoms with E-state index >= 15 is 0 Å². The average molecular weight is 516 g/mol. The van der Waals surface area contributed by atoms with Crippen molar-refractivity contribution in [3.63, 3.8) is 0 Å². The van der Waals surface area contributed by atoms with Gasteiger partial charge < -0.3 is 31.7 Å². The van der Waals surface area contributed by atoms with Crippen molar-refractivity contribution in [2.45, 2.75) is 25.7 Å². The van der Waals surface area contributed by atoms with Gasteiger partial charge in [-0.25, -0.2) is 4.79 Å². The van der Waals surface area contributed by atoms with Crippen LogP contribution >= 0.6 is 0 Å². The van der Waals surface area contributed by atoms with E-state index in [2.05, 4.69) is 4.90 Å². The fourth-order valence-corrected chi connectivity index (χ4v) is 4.74. The van der Waals surface area contributed by atoms with E-state index in [1.165, 1.54) is 19.3 Å². The Balaban J connectivity index is 1.52. The number of ether oxygens (including phenoxy) is 1. The highest BCUT2D eigenvalue weighted by atomic mass is 16.5. The molecule has 4 rings (SSSR count). The summed E-state index contributed by atoms with van der Waals surface area (Å²) in [5.41, 5.74) is 19.0. The third kappa shape index (κ3) is 6.27. The summed E-state index contributed by atoms with van der Waals surface area (Å²) in [6, 6.07) is 15.2. The van der Waals surface area contributed by atoms with E-state index in [1.54, 1.807) is 59.5 Å². The number of anilines is 1. The molecule has 1 fully saturated rings. The maximum absolute atomic E-state index is 13.0. The third-order valence-corrected chi connectivity index (χ3v) is 6.75. The number of nitrogens with two attached hydrogens (primary N) is 3. The second kappa shape index (κ2) is 11.7. The molecule has 3 aromatic rings. The van der Waals surface area contributed by atoms with Gasteiger partial charge in [0.2, 0.25) is 5.91 Å². The minimum Gasteiger partial charge on any atom is -0.423 e. The fourth-order valence-electron chi connectivity index (χ4n) is 4.74. The number of nitrogens with zero attached hydrogens (tertiary/aromatic N) is 2. The van der Waals surface area contributed by atoms with Crippen molar-refractivity contribution in [3.05, 3.63) is 71.3 Å². The second-order valence-corrected chi connectivity index (χ2v) is 9.41. The molecule has 1 amide bonds. The van der Waals surface area contributed by atoms with Crippen molar-refractivity contribution in [3.8, 4) is 5.75 Å². The number of rotatable bonds is 9. The molecule has 0 atom stereocenters. The van der Waals surface area contributed by atoms with Gasteiger partial charge in [-0.1, -0.05) is 24.6 Å². The minimum absolute atomic E-state index is 0.0578. The van der Waals surface area contributed by atoms with Gasteiger partial charge in [-0.15, -0.1) is 0 Å². The van der Waals surface area contributed by atoms with E-state index in [1.807, 2.05) is 0 Å². The monoisotopic (exact) mass is 515 g/mol. The molecule has 198 valence electrons. The summed E-state index contributed by atoms with van der Waals surface area (Å²) in [4.78, 5) is 28.9. The average Bonchev–Trinajstić information content (AvgIpc) is 2.90. The molecule has 1 saturated heterocycles. The summed E-state index contributed by atoms with van der Waals surface area (Å²) in [6.07, 6.45) is 3.51. The highest BCUT2D eigenvalue weighted by Crippen LogP contribution is 2.30. The summed E-state index contributed by atoms with van der Waals surface area (Å²) < 4.78 is 5.69. The molecular weight excluding hydrogens is 482 g/mol. The van der Waals surface area contributed by atoms with Gasteiger partial charge in [-0.3, -0.25) is 15.6 Å². The first-order valence-electron chi connectivity index (χ1n) is 12.6. The largest absolute Gasteiger partial charge is 0.423 e. The number of amides is 1. The Morgan fingerprint density at radius 3 is 2.21 bits per heavy atom. The topological polar surface area (TPSA) is 176 Å². The predicted octanol–water partition coefficient (Wildman–Crippen LogP) is 2.56. The Bertz CT molecular complexity index is 1360. The van der Waals surface area contributed by atoms with Gasteiger partial charge in [-0.05, 0) is 73.1 Å². The molecule has 1 heterocycles. The number of likely N-dealkylation sites (tertiary alicyclic amines) is 1. The number of nitrogens with one attached hydrogen (secondary N) is 2. The molecule has 1 aliphatic rings. The zero-order valence-corrected chi connectivity index (χ0v) is 21.2. The number of hydrogen-bond acceptors (Lipinski definition) is 6. The van der Waals surface area contributed by atoms with E-state index in [-0.39, 0.29) is 24.0 Å². The van der Waals surface area contributed by atoms with Crippen LogP contribution in [-0.4, -0.2) is 54.8 Å². The van der Waals surface area contributed by atoms with Crippen LogP contribution in [0.4, 0.5) is 5.69 Å². The first-order valence-corrected chi connectivity index (χ1v) is 12.6. The molecule has 0 aliphatic carbocycles. The quantitative estimate of drug-likeness (QED) is 0.126. The first kappa shape index (κ1) is 26.6. The SMILES string of the molecule is N=C(N)c1ccc2c(CC(N)=O)c(OC(=O)c3ccc(N(CCN4CCCCC4)C(=N)N)cc3)ccc2c1. The second-order valence-electron chi connectivity index (χ2n) is 9.41. The predicted molar refractivity (Wildman–Crippen MR) is 149 cm³/mol. The van der Waals surface area contributed by atoms with Crippen molar-refractivity contribution >= 4 is 40.1 Å². The number of carbonyl (C=O) groups is 2. The van der Waals surface area contributed by atoms with E-state index in [9.17, 15) is 9.59 Å². The third-order valence-electron chi connectivity index (χ3n) is 6.75. The first-order chi connectivity index (χ1) is 18.2. The Morgan fingerprint density at radius 2 is 1.58 bits per heavy atom. The molecule has 0 spiro atoms. The van der Waals surface area contributed by atoms with E-state index in [4.69, 9.17) is 32.8 Å². The van der Waals surface area contributed by atoms with E-state index in [0.29, 0.717) is 34.3 Å². The Hall–Kier alpha value is -4.44. The van der Waals surface area contributed by atoms with Gasteiger partial charge >= 0.3 is 5.97 Å². The standard InChI is InChI=1S/C28H33N7O3/c29-25(36)17-23-22-10-6-20(26(30)31)16-19(22)7-11-24(23)38-27(37)18-4-8-21(9-5-18)35(28(32)33)15-14-34-12-2-1-3-13-34/h4-11,16H,1-3,12-15,17H2,(H2,29,36)(H3,30,31)(H3,32,33). The van der Waals surface area contributed by atoms with Gasteiger partial charge in [0.25, 0.3) is 0 Å². The molecule has 0 saturated carbocycles. The summed E-state index contributed by atoms with van der Waals surface area (Å²) >= 11 is 0. The number of piperidine rings is 1. The fraction of sp³-hybridized carbons (Fsp3) is 0.286. The highest BCUT2D eigenvalue weighted by Gasteiger charge is 2.18. The van der Waals surface area contributed by atoms with Crippen molar-refractivity contribution in [2.24, 2.45) is 17.2 Å². The molecule has 0 bridgehead atoms. The molecule has 38 heavy (non-hydrogen) atoms. The Morgan fingerprint density at radius 1 is 0.895 bits per heavy atom. The van der Waals surface area contributed by atoms with Crippen LogP contribution in [0.15, 0.2) is 54.6 Å². The number of benzene rings is 3. The van der Waals surface area contributed by atoms with Gasteiger partial charge in [0, 0.05) is 29.9 Å². The maximum atomic E-state index is 13.0. The lowest BCUT2D eigenvalue weighted by atomic mass is 9.98. The molecule has 10 heteroatoms. The minimum atomic E-state index is -0.593. The van der Waals surface area contributed by atoms with Crippen molar-refractivity contribution in [1.29, 1.82) is 10.8 Å². The van der Waals surface area contributed by atoms with Crippen molar-refractivity contribution in [1.82, 2.24) is 4.90 Å². The normalized spacial score (nSPS) is 13.7. The van der Waals surface area contributed by atoms with Crippen LogP contribution in [0.3, 0.4) is 0 Å². The van der Waals surface area contributed by atoms with Gasteiger partial charge in [0.05, 0.1) is 12.0 Å². The van der Waals surface area contributed by atoms with E-state index < -0.39 is 11.9 Å². The molecule has 10 nitrogen and oxygen atoms in total. The molecule has 1 aliphatic heterocycles. The van der Waals surface area contributed by atoms with Crippen LogP contribution in [-0.2, 0) is 11.2 Å². The Kier molecular flexibility index (Phi) is 8.22. The number of esters is 1. The zero-order valence-electron chi connectivity index (χ0n) is 21.2. The number of fused-ring (bicyclic) bond motifs is 1. The summed E-state index contributed by atoms with van der Waals surface area (Å²) in [7, 11) is 0. The molecule has 0 radical (unpaired) electrons. The lowest BCUT2D eigenvalue weighted by Crippen LogP contribution is -2.43. The van der Waals surface area contributed by atoms with Crippen LogP contribution in [0.2, 0.25) is 0 Å². The van der Waals surface area contributed by atoms with Crippen LogP contribution in [0.1, 0.15) is 40.7 Å². The van der Waals surface area contributed by atoms with Crippen LogP contribution < -0.4 is 26.8 Å². The number of carbonyl (C=O) groups excluding carboxylic acids is 2. The number of hydrogen-bond donors (Lipinski definition) is 5. The smallest absolute Gasteiger partial charge is 0.343 e. The number of primary amides is 1. The van der Waals surface area contributed by atoms with Crippen LogP contribution in [0.5, 0.6) is 5.75 Å². The van der Waals surface area contributed by atoms with Crippen LogP contribution in [0, 0.1) is 10.8 Å². The molecule has 3 aromatic carbocycles. The molecule has 0 unspecified atom stereocenters. The van der Waals surface area contributed by atoms with Crippen molar-refractivity contribution in [2.75, 3.05) is 31.1 Å². The highest BCUT2D eigenvalue weighted by molar-refractivity contribution is 6.01. The number of nitrogen functional groups attached to an aromatic ring is 1. The molecular formula is C28H33N7O3. The zero-order chi connectivity index (χ0) is 27.2. The summed E-state index contributed by atoms with van der Waals surface area (Å²) in [5.74, 6) is -1.06.